The second-order valence-electron chi connectivity index (χ2n) is 3.79. The van der Waals surface area contributed by atoms with E-state index in [1.807, 2.05) is 13.8 Å². The molecule has 1 aliphatic rings. The van der Waals surface area contributed by atoms with Gasteiger partial charge >= 0.3 is 0 Å². The maximum Gasteiger partial charge on any atom is 0.251 e. The van der Waals surface area contributed by atoms with Gasteiger partial charge in [-0.3, -0.25) is 25.2 Å². The van der Waals surface area contributed by atoms with Gasteiger partial charge in [-0.1, -0.05) is 0 Å². The van der Waals surface area contributed by atoms with Gasteiger partial charge in [-0.05, 0) is 20.3 Å². The van der Waals surface area contributed by atoms with Crippen molar-refractivity contribution in [3.8, 4) is 0 Å². The van der Waals surface area contributed by atoms with Crippen LogP contribution in [0.3, 0.4) is 0 Å². The number of hydrogen-bond donors (Lipinski definition) is 3. The van der Waals surface area contributed by atoms with Crippen LogP contribution in [0.4, 0.5) is 0 Å². The first-order valence-electron chi connectivity index (χ1n) is 4.89. The zero-order valence-electron chi connectivity index (χ0n) is 8.79. The van der Waals surface area contributed by atoms with Crippen molar-refractivity contribution < 1.29 is 14.4 Å². The molecule has 6 nitrogen and oxygen atoms in total. The van der Waals surface area contributed by atoms with E-state index in [4.69, 9.17) is 0 Å². The van der Waals surface area contributed by atoms with Crippen LogP contribution >= 0.6 is 0 Å². The third kappa shape index (κ3) is 3.23. The van der Waals surface area contributed by atoms with Gasteiger partial charge in [-0.2, -0.15) is 0 Å². The molecule has 1 heterocycles. The Balaban J connectivity index is 2.33. The molecule has 3 N–H and O–H groups in total. The SMILES string of the molecule is CC(C)NC(=O)CCC1C(=O)NNC1=O. The highest BCUT2D eigenvalue weighted by Gasteiger charge is 2.32. The molecule has 0 bridgehead atoms. The lowest BCUT2D eigenvalue weighted by Gasteiger charge is -2.08. The van der Waals surface area contributed by atoms with E-state index >= 15 is 0 Å². The molecule has 0 aromatic heterocycles. The molecule has 1 rings (SSSR count). The van der Waals surface area contributed by atoms with E-state index in [2.05, 4.69) is 16.2 Å². The molecule has 1 aliphatic heterocycles. The van der Waals surface area contributed by atoms with Crippen LogP contribution in [0.5, 0.6) is 0 Å². The number of hydrazine groups is 1. The van der Waals surface area contributed by atoms with Crippen LogP contribution in [0.15, 0.2) is 0 Å². The Morgan fingerprint density at radius 2 is 1.87 bits per heavy atom. The van der Waals surface area contributed by atoms with E-state index in [-0.39, 0.29) is 36.6 Å². The Hall–Kier alpha value is -1.59. The van der Waals surface area contributed by atoms with E-state index < -0.39 is 5.92 Å². The summed E-state index contributed by atoms with van der Waals surface area (Å²) in [5.74, 6) is -1.60. The number of carbonyl (C=O) groups excluding carboxylic acids is 3. The molecule has 0 aliphatic carbocycles. The van der Waals surface area contributed by atoms with E-state index in [1.165, 1.54) is 0 Å². The highest BCUT2D eigenvalue weighted by Crippen LogP contribution is 2.10. The average Bonchev–Trinajstić information content (AvgIpc) is 2.42. The van der Waals surface area contributed by atoms with Gasteiger partial charge in [0, 0.05) is 12.5 Å². The molecule has 0 saturated carbocycles. The Morgan fingerprint density at radius 3 is 2.33 bits per heavy atom. The molecule has 0 aromatic rings. The molecule has 15 heavy (non-hydrogen) atoms. The summed E-state index contributed by atoms with van der Waals surface area (Å²) in [7, 11) is 0. The third-order valence-electron chi connectivity index (χ3n) is 2.05. The molecule has 1 fully saturated rings. The first-order valence-corrected chi connectivity index (χ1v) is 4.89. The largest absolute Gasteiger partial charge is 0.354 e. The fourth-order valence-corrected chi connectivity index (χ4v) is 1.35. The van der Waals surface area contributed by atoms with Crippen molar-refractivity contribution in [2.24, 2.45) is 5.92 Å². The van der Waals surface area contributed by atoms with Crippen molar-refractivity contribution in [1.29, 1.82) is 0 Å². The molecule has 1 saturated heterocycles. The zero-order valence-corrected chi connectivity index (χ0v) is 8.79. The van der Waals surface area contributed by atoms with Crippen molar-refractivity contribution in [2.75, 3.05) is 0 Å². The minimum atomic E-state index is -0.733. The fraction of sp³-hybridized carbons (Fsp3) is 0.667. The van der Waals surface area contributed by atoms with Gasteiger partial charge in [0.05, 0.1) is 0 Å². The summed E-state index contributed by atoms with van der Waals surface area (Å²) in [6, 6.07) is 0.0729. The minimum absolute atomic E-state index is 0.0729. The van der Waals surface area contributed by atoms with Crippen LogP contribution in [0, 0.1) is 5.92 Å². The van der Waals surface area contributed by atoms with Crippen LogP contribution in [-0.2, 0) is 14.4 Å². The summed E-state index contributed by atoms with van der Waals surface area (Å²) in [5.41, 5.74) is 4.43. The molecular formula is C9H15N3O3. The highest BCUT2D eigenvalue weighted by atomic mass is 16.2. The maximum absolute atomic E-state index is 11.2. The Morgan fingerprint density at radius 1 is 1.33 bits per heavy atom. The lowest BCUT2D eigenvalue weighted by molar-refractivity contribution is -0.128. The number of carbonyl (C=O) groups is 3. The molecular weight excluding hydrogens is 198 g/mol. The first kappa shape index (κ1) is 11.5. The lowest BCUT2D eigenvalue weighted by atomic mass is 10.0. The van der Waals surface area contributed by atoms with E-state index in [9.17, 15) is 14.4 Å². The van der Waals surface area contributed by atoms with E-state index in [0.29, 0.717) is 0 Å². The summed E-state index contributed by atoms with van der Waals surface area (Å²) in [4.78, 5) is 33.4. The summed E-state index contributed by atoms with van der Waals surface area (Å²) >= 11 is 0. The molecule has 0 unspecified atom stereocenters. The molecule has 6 heteroatoms. The second-order valence-corrected chi connectivity index (χ2v) is 3.79. The third-order valence-corrected chi connectivity index (χ3v) is 2.05. The molecule has 3 amide bonds. The summed E-state index contributed by atoms with van der Waals surface area (Å²) < 4.78 is 0. The van der Waals surface area contributed by atoms with Gasteiger partial charge in [0.1, 0.15) is 5.92 Å². The van der Waals surface area contributed by atoms with Crippen LogP contribution in [-0.4, -0.2) is 23.8 Å². The smallest absolute Gasteiger partial charge is 0.251 e. The van der Waals surface area contributed by atoms with Crippen molar-refractivity contribution in [3.63, 3.8) is 0 Å². The van der Waals surface area contributed by atoms with Crippen LogP contribution in [0.2, 0.25) is 0 Å². The molecule has 84 valence electrons. The van der Waals surface area contributed by atoms with E-state index in [1.54, 1.807) is 0 Å². The van der Waals surface area contributed by atoms with Crippen molar-refractivity contribution in [1.82, 2.24) is 16.2 Å². The normalized spacial score (nSPS) is 16.5. The quantitative estimate of drug-likeness (QED) is 0.527. The topological polar surface area (TPSA) is 87.3 Å². The second kappa shape index (κ2) is 4.77. The minimum Gasteiger partial charge on any atom is -0.354 e. The van der Waals surface area contributed by atoms with Crippen molar-refractivity contribution in [3.05, 3.63) is 0 Å². The summed E-state index contributed by atoms with van der Waals surface area (Å²) in [6.07, 6.45) is 0.430. The first-order chi connectivity index (χ1) is 7.00. The molecule has 0 spiro atoms. The fourth-order valence-electron chi connectivity index (χ4n) is 1.35. The Bertz CT molecular complexity index is 272. The van der Waals surface area contributed by atoms with Gasteiger partial charge < -0.3 is 5.32 Å². The average molecular weight is 213 g/mol. The standard InChI is InChI=1S/C9H15N3O3/c1-5(2)10-7(13)4-3-6-8(14)11-12-9(6)15/h5-6H,3-4H2,1-2H3,(H,10,13)(H,11,14)(H,12,15). The van der Waals surface area contributed by atoms with Gasteiger partial charge in [0.25, 0.3) is 11.8 Å². The van der Waals surface area contributed by atoms with Crippen molar-refractivity contribution >= 4 is 17.7 Å². The zero-order chi connectivity index (χ0) is 11.4. The maximum atomic E-state index is 11.2. The van der Waals surface area contributed by atoms with Crippen LogP contribution in [0.1, 0.15) is 26.7 Å². The molecule has 0 radical (unpaired) electrons. The number of amides is 3. The van der Waals surface area contributed by atoms with Gasteiger partial charge in [-0.15, -0.1) is 0 Å². The Labute approximate surface area is 87.8 Å². The lowest BCUT2D eigenvalue weighted by Crippen LogP contribution is -2.31. The van der Waals surface area contributed by atoms with Gasteiger partial charge in [0.2, 0.25) is 5.91 Å². The summed E-state index contributed by atoms with van der Waals surface area (Å²) in [5, 5.41) is 2.69. The predicted molar refractivity (Wildman–Crippen MR) is 52.3 cm³/mol. The van der Waals surface area contributed by atoms with E-state index in [0.717, 1.165) is 0 Å². The monoisotopic (exact) mass is 213 g/mol. The number of rotatable bonds is 4. The van der Waals surface area contributed by atoms with Gasteiger partial charge in [-0.25, -0.2) is 0 Å². The Kier molecular flexibility index (Phi) is 3.65. The molecule has 0 aromatic carbocycles. The van der Waals surface area contributed by atoms with Gasteiger partial charge in [0.15, 0.2) is 0 Å². The highest BCUT2D eigenvalue weighted by molar-refractivity contribution is 6.05. The number of nitrogens with one attached hydrogen (secondary N) is 3. The predicted octanol–water partition coefficient (Wildman–Crippen LogP) is -0.932. The molecule has 0 atom stereocenters. The van der Waals surface area contributed by atoms with Crippen molar-refractivity contribution in [2.45, 2.75) is 32.7 Å². The van der Waals surface area contributed by atoms with Crippen LogP contribution < -0.4 is 16.2 Å². The number of hydrogen-bond acceptors (Lipinski definition) is 3. The summed E-state index contributed by atoms with van der Waals surface area (Å²) in [6.45, 7) is 3.71. The van der Waals surface area contributed by atoms with Crippen LogP contribution in [0.25, 0.3) is 0 Å².